The summed E-state index contributed by atoms with van der Waals surface area (Å²) in [6.45, 7) is 0. The van der Waals surface area contributed by atoms with Gasteiger partial charge in [-0.25, -0.2) is 4.98 Å². The fraction of sp³-hybridized carbons (Fsp3) is 0. The highest BCUT2D eigenvalue weighted by Crippen LogP contribution is 2.39. The van der Waals surface area contributed by atoms with E-state index in [2.05, 4.69) is 126 Å². The number of hydrogen-bond donors (Lipinski definition) is 0. The van der Waals surface area contributed by atoms with Crippen LogP contribution in [0.5, 0.6) is 0 Å². The normalized spacial score (nSPS) is 11.6. The zero-order valence-corrected chi connectivity index (χ0v) is 26.9. The molecule has 0 fully saturated rings. The predicted molar refractivity (Wildman–Crippen MR) is 203 cm³/mol. The standard InChI is InChI=1S/C45H28N4O/c1-4-13-29(14-5-1)32-23-25-35-37-27-33(24-26-40(37)50-41(35)28-32)44-46-43(31-17-8-3-9-18-31)47-45(48-44)49-38-21-11-10-19-36(38)42-34(20-12-22-39(42)49)30-15-6-2-7-16-30/h1-28H. The molecule has 10 aromatic rings. The van der Waals surface area contributed by atoms with Crippen LogP contribution in [0.25, 0.3) is 94.7 Å². The van der Waals surface area contributed by atoms with E-state index in [1.807, 2.05) is 48.5 Å². The molecule has 50 heavy (non-hydrogen) atoms. The minimum atomic E-state index is 0.565. The van der Waals surface area contributed by atoms with Crippen LogP contribution in [-0.4, -0.2) is 19.5 Å². The molecule has 10 rings (SSSR count). The van der Waals surface area contributed by atoms with Gasteiger partial charge < -0.3 is 4.42 Å². The van der Waals surface area contributed by atoms with Gasteiger partial charge in [0.05, 0.1) is 11.0 Å². The lowest BCUT2D eigenvalue weighted by atomic mass is 9.99. The molecule has 0 amide bonds. The Morgan fingerprint density at radius 3 is 1.80 bits per heavy atom. The van der Waals surface area contributed by atoms with E-state index in [0.717, 1.165) is 60.6 Å². The summed E-state index contributed by atoms with van der Waals surface area (Å²) in [5, 5.41) is 4.38. The SMILES string of the molecule is c1ccc(-c2ccc3c(c2)oc2ccc(-c4nc(-c5ccccc5)nc(-n5c6ccccc6c6c(-c7ccccc7)cccc65)n4)cc23)cc1. The minimum absolute atomic E-state index is 0.565. The molecule has 0 radical (unpaired) electrons. The van der Waals surface area contributed by atoms with Gasteiger partial charge in [-0.3, -0.25) is 4.57 Å². The summed E-state index contributed by atoms with van der Waals surface area (Å²) in [6.07, 6.45) is 0. The molecular formula is C45H28N4O. The van der Waals surface area contributed by atoms with Crippen LogP contribution >= 0.6 is 0 Å². The van der Waals surface area contributed by atoms with Crippen molar-refractivity contribution in [2.75, 3.05) is 0 Å². The molecule has 0 aliphatic carbocycles. The Balaban J connectivity index is 1.19. The molecule has 5 nitrogen and oxygen atoms in total. The molecule has 0 aliphatic heterocycles. The highest BCUT2D eigenvalue weighted by atomic mass is 16.3. The number of rotatable bonds is 5. The van der Waals surface area contributed by atoms with Crippen LogP contribution in [0.2, 0.25) is 0 Å². The second-order valence-corrected chi connectivity index (χ2v) is 12.5. The lowest BCUT2D eigenvalue weighted by molar-refractivity contribution is 0.669. The van der Waals surface area contributed by atoms with Gasteiger partial charge >= 0.3 is 0 Å². The van der Waals surface area contributed by atoms with Crippen molar-refractivity contribution in [1.29, 1.82) is 0 Å². The molecule has 0 saturated carbocycles. The Hall–Kier alpha value is -6.85. The monoisotopic (exact) mass is 640 g/mol. The molecule has 3 aromatic heterocycles. The Morgan fingerprint density at radius 2 is 1.02 bits per heavy atom. The number of benzene rings is 7. The minimum Gasteiger partial charge on any atom is -0.456 e. The summed E-state index contributed by atoms with van der Waals surface area (Å²) >= 11 is 0. The third kappa shape index (κ3) is 4.60. The van der Waals surface area contributed by atoms with Gasteiger partial charge in [0.15, 0.2) is 11.6 Å². The molecule has 0 bridgehead atoms. The first kappa shape index (κ1) is 28.2. The average Bonchev–Trinajstić information content (AvgIpc) is 3.74. The molecule has 0 unspecified atom stereocenters. The van der Waals surface area contributed by atoms with Crippen molar-refractivity contribution in [3.8, 4) is 51.0 Å². The topological polar surface area (TPSA) is 56.7 Å². The molecule has 0 spiro atoms. The summed E-state index contributed by atoms with van der Waals surface area (Å²) in [5.74, 6) is 1.77. The van der Waals surface area contributed by atoms with Crippen molar-refractivity contribution in [1.82, 2.24) is 19.5 Å². The van der Waals surface area contributed by atoms with Crippen molar-refractivity contribution in [3.63, 3.8) is 0 Å². The Bertz CT molecular complexity index is 2860. The van der Waals surface area contributed by atoms with Gasteiger partial charge in [0.1, 0.15) is 11.2 Å². The molecule has 0 aliphatic rings. The first-order valence-electron chi connectivity index (χ1n) is 16.7. The lowest BCUT2D eigenvalue weighted by Gasteiger charge is -2.11. The maximum absolute atomic E-state index is 6.37. The molecule has 5 heteroatoms. The largest absolute Gasteiger partial charge is 0.456 e. The van der Waals surface area contributed by atoms with Crippen LogP contribution in [0.3, 0.4) is 0 Å². The maximum atomic E-state index is 6.37. The van der Waals surface area contributed by atoms with E-state index in [9.17, 15) is 0 Å². The lowest BCUT2D eigenvalue weighted by Crippen LogP contribution is -2.06. The predicted octanol–water partition coefficient (Wildman–Crippen LogP) is 11.5. The fourth-order valence-electron chi connectivity index (χ4n) is 7.13. The molecule has 0 atom stereocenters. The molecule has 7 aromatic carbocycles. The summed E-state index contributed by atoms with van der Waals surface area (Å²) in [7, 11) is 0. The van der Waals surface area contributed by atoms with Crippen molar-refractivity contribution < 1.29 is 4.42 Å². The van der Waals surface area contributed by atoms with Crippen molar-refractivity contribution >= 4 is 43.7 Å². The summed E-state index contributed by atoms with van der Waals surface area (Å²) in [5.41, 5.74) is 10.2. The van der Waals surface area contributed by atoms with Gasteiger partial charge in [0, 0.05) is 32.7 Å². The van der Waals surface area contributed by atoms with Crippen LogP contribution in [0.15, 0.2) is 174 Å². The summed E-state index contributed by atoms with van der Waals surface area (Å²) in [4.78, 5) is 15.4. The van der Waals surface area contributed by atoms with Crippen molar-refractivity contribution in [2.45, 2.75) is 0 Å². The maximum Gasteiger partial charge on any atom is 0.238 e. The van der Waals surface area contributed by atoms with E-state index in [0.29, 0.717) is 17.6 Å². The van der Waals surface area contributed by atoms with E-state index >= 15 is 0 Å². The third-order valence-corrected chi connectivity index (χ3v) is 9.47. The Morgan fingerprint density at radius 1 is 0.380 bits per heavy atom. The average molecular weight is 641 g/mol. The first-order chi connectivity index (χ1) is 24.8. The van der Waals surface area contributed by atoms with Crippen molar-refractivity contribution in [2.24, 2.45) is 0 Å². The van der Waals surface area contributed by atoms with Gasteiger partial charge in [0.2, 0.25) is 5.95 Å². The highest BCUT2D eigenvalue weighted by molar-refractivity contribution is 6.15. The summed E-state index contributed by atoms with van der Waals surface area (Å²) < 4.78 is 8.54. The Labute approximate surface area is 287 Å². The van der Waals surface area contributed by atoms with Gasteiger partial charge in [-0.1, -0.05) is 127 Å². The number of hydrogen-bond acceptors (Lipinski definition) is 4. The van der Waals surface area contributed by atoms with E-state index < -0.39 is 0 Å². The zero-order valence-electron chi connectivity index (χ0n) is 26.9. The van der Waals surface area contributed by atoms with Gasteiger partial charge in [-0.05, 0) is 64.7 Å². The second kappa shape index (κ2) is 11.4. The van der Waals surface area contributed by atoms with E-state index in [1.165, 1.54) is 16.5 Å². The zero-order chi connectivity index (χ0) is 33.0. The molecule has 0 saturated heterocycles. The van der Waals surface area contributed by atoms with Crippen molar-refractivity contribution in [3.05, 3.63) is 170 Å². The van der Waals surface area contributed by atoms with Crippen LogP contribution in [0, 0.1) is 0 Å². The molecule has 0 N–H and O–H groups in total. The fourth-order valence-corrected chi connectivity index (χ4v) is 7.13. The van der Waals surface area contributed by atoms with Gasteiger partial charge in [-0.15, -0.1) is 0 Å². The van der Waals surface area contributed by atoms with Crippen LogP contribution in [0.1, 0.15) is 0 Å². The third-order valence-electron chi connectivity index (χ3n) is 9.47. The smallest absolute Gasteiger partial charge is 0.238 e. The first-order valence-corrected chi connectivity index (χ1v) is 16.7. The quantitative estimate of drug-likeness (QED) is 0.188. The molecule has 3 heterocycles. The van der Waals surface area contributed by atoms with E-state index in [1.54, 1.807) is 0 Å². The van der Waals surface area contributed by atoms with E-state index in [4.69, 9.17) is 19.4 Å². The Kier molecular flexibility index (Phi) is 6.42. The van der Waals surface area contributed by atoms with Crippen LogP contribution in [0.4, 0.5) is 0 Å². The number of para-hydroxylation sites is 1. The van der Waals surface area contributed by atoms with Crippen LogP contribution in [-0.2, 0) is 0 Å². The second-order valence-electron chi connectivity index (χ2n) is 12.5. The van der Waals surface area contributed by atoms with Gasteiger partial charge in [-0.2, -0.15) is 9.97 Å². The van der Waals surface area contributed by atoms with Crippen LogP contribution < -0.4 is 0 Å². The summed E-state index contributed by atoms with van der Waals surface area (Å²) in [6, 6.07) is 58.6. The number of aromatic nitrogens is 4. The number of fused-ring (bicyclic) bond motifs is 6. The molecule has 234 valence electrons. The highest BCUT2D eigenvalue weighted by Gasteiger charge is 2.20. The number of furan rings is 1. The van der Waals surface area contributed by atoms with E-state index in [-0.39, 0.29) is 0 Å². The molecular weight excluding hydrogens is 613 g/mol. The van der Waals surface area contributed by atoms with Gasteiger partial charge in [0.25, 0.3) is 0 Å². The number of nitrogens with zero attached hydrogens (tertiary/aromatic N) is 4.